The van der Waals surface area contributed by atoms with Crippen LogP contribution in [0.15, 0.2) is 24.3 Å². The van der Waals surface area contributed by atoms with Gasteiger partial charge in [0.2, 0.25) is 0 Å². The van der Waals surface area contributed by atoms with Crippen molar-refractivity contribution in [2.75, 3.05) is 7.11 Å². The van der Waals surface area contributed by atoms with Crippen LogP contribution in [0, 0.1) is 5.92 Å². The lowest BCUT2D eigenvalue weighted by Crippen LogP contribution is -2.26. The summed E-state index contributed by atoms with van der Waals surface area (Å²) < 4.78 is 4.67. The van der Waals surface area contributed by atoms with E-state index in [1.54, 1.807) is 12.1 Å². The first-order valence-corrected chi connectivity index (χ1v) is 6.48. The molecule has 0 saturated heterocycles. The van der Waals surface area contributed by atoms with Gasteiger partial charge in [-0.2, -0.15) is 0 Å². The van der Waals surface area contributed by atoms with Crippen molar-refractivity contribution in [3.63, 3.8) is 0 Å². The third kappa shape index (κ3) is 2.72. The summed E-state index contributed by atoms with van der Waals surface area (Å²) in [5.74, 6) is 0.526. The van der Waals surface area contributed by atoms with Crippen LogP contribution >= 0.6 is 0 Å². The number of esters is 1. The van der Waals surface area contributed by atoms with Crippen molar-refractivity contribution in [1.29, 1.82) is 0 Å². The van der Waals surface area contributed by atoms with E-state index in [1.807, 2.05) is 12.1 Å². The van der Waals surface area contributed by atoms with Crippen molar-refractivity contribution in [2.45, 2.75) is 38.2 Å². The second kappa shape index (κ2) is 5.53. The van der Waals surface area contributed by atoms with Gasteiger partial charge >= 0.3 is 5.97 Å². The number of carbonyl (C=O) groups excluding carboxylic acids is 1. The smallest absolute Gasteiger partial charge is 0.337 e. The number of aliphatic hydroxyl groups is 1. The molecule has 0 aliphatic heterocycles. The van der Waals surface area contributed by atoms with E-state index in [9.17, 15) is 9.90 Å². The Morgan fingerprint density at radius 2 is 1.94 bits per heavy atom. The molecular formula is C15H20O3. The Morgan fingerprint density at radius 1 is 1.28 bits per heavy atom. The number of benzene rings is 1. The van der Waals surface area contributed by atoms with Gasteiger partial charge in [-0.25, -0.2) is 4.79 Å². The molecule has 0 bridgehead atoms. The molecule has 0 spiro atoms. The minimum Gasteiger partial charge on any atom is -0.465 e. The molecule has 3 atom stereocenters. The largest absolute Gasteiger partial charge is 0.465 e. The molecule has 3 heteroatoms. The van der Waals surface area contributed by atoms with Gasteiger partial charge in [-0.05, 0) is 42.9 Å². The molecule has 1 aliphatic rings. The molecule has 0 aromatic heterocycles. The van der Waals surface area contributed by atoms with Crippen molar-refractivity contribution in [2.24, 2.45) is 5.92 Å². The average Bonchev–Trinajstić information content (AvgIpc) is 2.41. The van der Waals surface area contributed by atoms with Gasteiger partial charge in [-0.1, -0.05) is 19.1 Å². The van der Waals surface area contributed by atoms with Crippen LogP contribution in [0.1, 0.15) is 48.0 Å². The van der Waals surface area contributed by atoms with E-state index in [0.29, 0.717) is 11.5 Å². The molecule has 18 heavy (non-hydrogen) atoms. The Labute approximate surface area is 108 Å². The first kappa shape index (κ1) is 13.1. The molecule has 98 valence electrons. The summed E-state index contributed by atoms with van der Waals surface area (Å²) in [4.78, 5) is 11.3. The van der Waals surface area contributed by atoms with Crippen molar-refractivity contribution in [3.8, 4) is 0 Å². The lowest BCUT2D eigenvalue weighted by atomic mass is 9.77. The Bertz CT molecular complexity index is 410. The maximum Gasteiger partial charge on any atom is 0.337 e. The minimum absolute atomic E-state index is 0.195. The number of hydrogen-bond acceptors (Lipinski definition) is 3. The summed E-state index contributed by atoms with van der Waals surface area (Å²) in [7, 11) is 1.38. The molecule has 2 rings (SSSR count). The molecule has 3 nitrogen and oxygen atoms in total. The Morgan fingerprint density at radius 3 is 2.56 bits per heavy atom. The summed E-state index contributed by atoms with van der Waals surface area (Å²) >= 11 is 0. The number of methoxy groups -OCH3 is 1. The quantitative estimate of drug-likeness (QED) is 0.819. The molecule has 0 radical (unpaired) electrons. The zero-order valence-corrected chi connectivity index (χ0v) is 10.9. The Kier molecular flexibility index (Phi) is 4.02. The standard InChI is InChI=1S/C15H20O3/c1-10-3-8-14(16)13(9-10)11-4-6-12(7-5-11)15(17)18-2/h4-7,10,13-14,16H,3,8-9H2,1-2H3/t10-,13+,14+/m1/s1. The van der Waals surface area contributed by atoms with E-state index in [4.69, 9.17) is 0 Å². The summed E-state index contributed by atoms with van der Waals surface area (Å²) in [5.41, 5.74) is 1.67. The van der Waals surface area contributed by atoms with Gasteiger partial charge in [0, 0.05) is 5.92 Å². The van der Waals surface area contributed by atoms with Crippen molar-refractivity contribution in [3.05, 3.63) is 35.4 Å². The summed E-state index contributed by atoms with van der Waals surface area (Å²) in [5, 5.41) is 10.1. The van der Waals surface area contributed by atoms with Crippen LogP contribution in [-0.4, -0.2) is 24.3 Å². The molecule has 0 heterocycles. The minimum atomic E-state index is -0.320. The van der Waals surface area contributed by atoms with Crippen molar-refractivity contribution >= 4 is 5.97 Å². The van der Waals surface area contributed by atoms with E-state index in [2.05, 4.69) is 11.7 Å². The molecular weight excluding hydrogens is 228 g/mol. The van der Waals surface area contributed by atoms with Crippen LogP contribution in [-0.2, 0) is 4.74 Å². The lowest BCUT2D eigenvalue weighted by molar-refractivity contribution is 0.0600. The maximum atomic E-state index is 11.3. The third-order valence-corrected chi connectivity index (χ3v) is 3.84. The maximum absolute atomic E-state index is 11.3. The van der Waals surface area contributed by atoms with Crippen molar-refractivity contribution < 1.29 is 14.6 Å². The SMILES string of the molecule is COC(=O)c1ccc([C@@H]2C[C@H](C)CC[C@@H]2O)cc1. The number of aliphatic hydroxyl groups excluding tert-OH is 1. The van der Waals surface area contributed by atoms with Crippen LogP contribution < -0.4 is 0 Å². The van der Waals surface area contributed by atoms with E-state index in [0.717, 1.165) is 24.8 Å². The van der Waals surface area contributed by atoms with Crippen LogP contribution in [0.4, 0.5) is 0 Å². The van der Waals surface area contributed by atoms with Crippen LogP contribution in [0.25, 0.3) is 0 Å². The second-order valence-corrected chi connectivity index (χ2v) is 5.21. The van der Waals surface area contributed by atoms with Gasteiger partial charge in [0.1, 0.15) is 0 Å². The number of rotatable bonds is 2. The highest BCUT2D eigenvalue weighted by Gasteiger charge is 2.28. The second-order valence-electron chi connectivity index (χ2n) is 5.21. The Balaban J connectivity index is 2.15. The lowest BCUT2D eigenvalue weighted by Gasteiger charge is -2.32. The van der Waals surface area contributed by atoms with Crippen LogP contribution in [0.3, 0.4) is 0 Å². The molecule has 1 aromatic rings. The van der Waals surface area contributed by atoms with Gasteiger partial charge in [-0.3, -0.25) is 0 Å². The van der Waals surface area contributed by atoms with Gasteiger partial charge in [-0.15, -0.1) is 0 Å². The zero-order chi connectivity index (χ0) is 13.1. The highest BCUT2D eigenvalue weighted by molar-refractivity contribution is 5.89. The van der Waals surface area contributed by atoms with Gasteiger partial charge in [0.25, 0.3) is 0 Å². The normalized spacial score (nSPS) is 27.8. The molecule has 1 saturated carbocycles. The predicted molar refractivity (Wildman–Crippen MR) is 69.5 cm³/mol. The van der Waals surface area contributed by atoms with E-state index in [-0.39, 0.29) is 18.0 Å². The summed E-state index contributed by atoms with van der Waals surface area (Å²) in [6.45, 7) is 2.22. The number of ether oxygens (including phenoxy) is 1. The topological polar surface area (TPSA) is 46.5 Å². The third-order valence-electron chi connectivity index (χ3n) is 3.84. The van der Waals surface area contributed by atoms with Gasteiger partial charge in [0.05, 0.1) is 18.8 Å². The predicted octanol–water partition coefficient (Wildman–Crippen LogP) is 2.74. The van der Waals surface area contributed by atoms with Crippen molar-refractivity contribution in [1.82, 2.24) is 0 Å². The van der Waals surface area contributed by atoms with E-state index < -0.39 is 0 Å². The summed E-state index contributed by atoms with van der Waals surface area (Å²) in [6, 6.07) is 7.40. The van der Waals surface area contributed by atoms with Crippen LogP contribution in [0.5, 0.6) is 0 Å². The fourth-order valence-corrected chi connectivity index (χ4v) is 2.71. The Hall–Kier alpha value is -1.35. The molecule has 0 unspecified atom stereocenters. The highest BCUT2D eigenvalue weighted by Crippen LogP contribution is 2.36. The summed E-state index contributed by atoms with van der Waals surface area (Å²) in [6.07, 6.45) is 2.71. The molecule has 1 fully saturated rings. The molecule has 1 aliphatic carbocycles. The monoisotopic (exact) mass is 248 g/mol. The fourth-order valence-electron chi connectivity index (χ4n) is 2.71. The highest BCUT2D eigenvalue weighted by atomic mass is 16.5. The first-order chi connectivity index (χ1) is 8.61. The van der Waals surface area contributed by atoms with Crippen LogP contribution in [0.2, 0.25) is 0 Å². The van der Waals surface area contributed by atoms with Gasteiger partial charge in [0.15, 0.2) is 0 Å². The molecule has 1 N–H and O–H groups in total. The fraction of sp³-hybridized carbons (Fsp3) is 0.533. The molecule has 1 aromatic carbocycles. The van der Waals surface area contributed by atoms with E-state index >= 15 is 0 Å². The average molecular weight is 248 g/mol. The molecule has 0 amide bonds. The zero-order valence-electron chi connectivity index (χ0n) is 10.9. The van der Waals surface area contributed by atoms with E-state index in [1.165, 1.54) is 7.11 Å². The first-order valence-electron chi connectivity index (χ1n) is 6.48. The van der Waals surface area contributed by atoms with Gasteiger partial charge < -0.3 is 9.84 Å². The number of carbonyl (C=O) groups is 1. The number of hydrogen-bond donors (Lipinski definition) is 1.